The van der Waals surface area contributed by atoms with Gasteiger partial charge in [-0.3, -0.25) is 20.4 Å². The van der Waals surface area contributed by atoms with Crippen LogP contribution in [0.1, 0.15) is 28.2 Å². The number of amides is 2. The van der Waals surface area contributed by atoms with E-state index < -0.39 is 0 Å². The van der Waals surface area contributed by atoms with Gasteiger partial charge in [0.2, 0.25) is 5.91 Å². The third-order valence-electron chi connectivity index (χ3n) is 3.55. The molecule has 0 saturated heterocycles. The van der Waals surface area contributed by atoms with E-state index in [1.54, 1.807) is 35.6 Å². The third kappa shape index (κ3) is 4.78. The summed E-state index contributed by atoms with van der Waals surface area (Å²) in [6, 6.07) is 14.4. The molecule has 25 heavy (non-hydrogen) atoms. The molecule has 2 N–H and O–H groups in total. The van der Waals surface area contributed by atoms with Crippen molar-refractivity contribution in [3.05, 3.63) is 64.1 Å². The molecule has 0 spiro atoms. The zero-order valence-electron chi connectivity index (χ0n) is 13.3. The van der Waals surface area contributed by atoms with Crippen LogP contribution >= 0.6 is 22.9 Å². The van der Waals surface area contributed by atoms with Crippen LogP contribution in [0, 0.1) is 0 Å². The van der Waals surface area contributed by atoms with E-state index in [4.69, 9.17) is 11.6 Å². The van der Waals surface area contributed by atoms with E-state index in [-0.39, 0.29) is 11.8 Å². The van der Waals surface area contributed by atoms with Gasteiger partial charge in [-0.15, -0.1) is 11.3 Å². The molecule has 0 aliphatic heterocycles. The molecule has 0 fully saturated rings. The maximum absolute atomic E-state index is 11.9. The molecule has 7 heteroatoms. The Morgan fingerprint density at radius 2 is 1.80 bits per heavy atom. The van der Waals surface area contributed by atoms with Crippen LogP contribution in [0.15, 0.2) is 48.5 Å². The summed E-state index contributed by atoms with van der Waals surface area (Å²) in [5.74, 6) is -0.611. The van der Waals surface area contributed by atoms with Gasteiger partial charge in [-0.2, -0.15) is 0 Å². The highest BCUT2D eigenvalue weighted by atomic mass is 35.5. The van der Waals surface area contributed by atoms with Crippen LogP contribution in [-0.4, -0.2) is 16.8 Å². The number of para-hydroxylation sites is 1. The van der Waals surface area contributed by atoms with Crippen LogP contribution < -0.4 is 10.9 Å². The van der Waals surface area contributed by atoms with Gasteiger partial charge in [0, 0.05) is 17.0 Å². The number of hydrazine groups is 1. The molecule has 0 saturated carbocycles. The fraction of sp³-hybridized carbons (Fsp3) is 0.167. The predicted molar refractivity (Wildman–Crippen MR) is 99.6 cm³/mol. The highest BCUT2D eigenvalue weighted by Crippen LogP contribution is 2.22. The van der Waals surface area contributed by atoms with E-state index in [2.05, 4.69) is 15.8 Å². The molecule has 128 valence electrons. The lowest BCUT2D eigenvalue weighted by Crippen LogP contribution is -2.41. The second-order valence-corrected chi connectivity index (χ2v) is 6.99. The summed E-state index contributed by atoms with van der Waals surface area (Å²) < 4.78 is 1.15. The van der Waals surface area contributed by atoms with Crippen molar-refractivity contribution in [3.8, 4) is 0 Å². The number of nitrogens with zero attached hydrogens (tertiary/aromatic N) is 1. The second kappa shape index (κ2) is 8.09. The molecular formula is C18H16ClN3O2S. The first-order valence-corrected chi connectivity index (χ1v) is 9.00. The van der Waals surface area contributed by atoms with Crippen LogP contribution in [0.4, 0.5) is 0 Å². The normalized spacial score (nSPS) is 10.6. The standard InChI is InChI=1S/C18H16ClN3O2S/c19-13-10-8-12(9-11-13)18(24)22-21-16(23)6-3-7-17-20-14-4-1-2-5-15(14)25-17/h1-2,4-5,8-11H,3,6-7H2,(H,21,23)(H,22,24). The van der Waals surface area contributed by atoms with Crippen LogP contribution in [0.2, 0.25) is 5.02 Å². The van der Waals surface area contributed by atoms with Crippen molar-refractivity contribution in [2.24, 2.45) is 0 Å². The molecule has 5 nitrogen and oxygen atoms in total. The fourth-order valence-corrected chi connectivity index (χ4v) is 3.42. The summed E-state index contributed by atoms with van der Waals surface area (Å²) in [6.45, 7) is 0. The summed E-state index contributed by atoms with van der Waals surface area (Å²) >= 11 is 7.41. The lowest BCUT2D eigenvalue weighted by atomic mass is 10.2. The Bertz CT molecular complexity index is 860. The van der Waals surface area contributed by atoms with Crippen LogP contribution in [0.3, 0.4) is 0 Å². The maximum atomic E-state index is 11.9. The summed E-state index contributed by atoms with van der Waals surface area (Å²) in [4.78, 5) is 28.2. The van der Waals surface area contributed by atoms with Crippen molar-refractivity contribution in [2.75, 3.05) is 0 Å². The quantitative estimate of drug-likeness (QED) is 0.669. The second-order valence-electron chi connectivity index (χ2n) is 5.44. The Hall–Kier alpha value is -2.44. The highest BCUT2D eigenvalue weighted by Gasteiger charge is 2.08. The first-order chi connectivity index (χ1) is 12.1. The summed E-state index contributed by atoms with van der Waals surface area (Å²) in [5, 5.41) is 1.56. The molecule has 0 atom stereocenters. The van der Waals surface area contributed by atoms with E-state index >= 15 is 0 Å². The number of fused-ring (bicyclic) bond motifs is 1. The molecule has 3 rings (SSSR count). The highest BCUT2D eigenvalue weighted by molar-refractivity contribution is 7.18. The minimum absolute atomic E-state index is 0.233. The molecule has 0 bridgehead atoms. The Morgan fingerprint density at radius 1 is 1.04 bits per heavy atom. The molecule has 1 heterocycles. The Morgan fingerprint density at radius 3 is 2.56 bits per heavy atom. The topological polar surface area (TPSA) is 71.1 Å². The number of hydrogen-bond donors (Lipinski definition) is 2. The molecule has 2 amide bonds. The largest absolute Gasteiger partial charge is 0.273 e. The summed E-state index contributed by atoms with van der Waals surface area (Å²) in [6.07, 6.45) is 1.72. The summed E-state index contributed by atoms with van der Waals surface area (Å²) in [7, 11) is 0. The number of aryl methyl sites for hydroxylation is 1. The lowest BCUT2D eigenvalue weighted by molar-refractivity contribution is -0.121. The Labute approximate surface area is 154 Å². The fourth-order valence-electron chi connectivity index (χ4n) is 2.29. The van der Waals surface area contributed by atoms with E-state index in [9.17, 15) is 9.59 Å². The number of nitrogens with one attached hydrogen (secondary N) is 2. The maximum Gasteiger partial charge on any atom is 0.269 e. The van der Waals surface area contributed by atoms with Crippen molar-refractivity contribution >= 4 is 45.0 Å². The number of carbonyl (C=O) groups excluding carboxylic acids is 2. The van der Waals surface area contributed by atoms with Crippen molar-refractivity contribution in [2.45, 2.75) is 19.3 Å². The Kier molecular flexibility index (Phi) is 5.63. The van der Waals surface area contributed by atoms with Crippen molar-refractivity contribution < 1.29 is 9.59 Å². The predicted octanol–water partition coefficient (Wildman–Crippen LogP) is 3.73. The monoisotopic (exact) mass is 373 g/mol. The van der Waals surface area contributed by atoms with Gasteiger partial charge in [0.1, 0.15) is 0 Å². The Balaban J connectivity index is 1.42. The lowest BCUT2D eigenvalue weighted by Gasteiger charge is -2.07. The number of hydrogen-bond acceptors (Lipinski definition) is 4. The molecule has 0 radical (unpaired) electrons. The van der Waals surface area contributed by atoms with E-state index in [1.165, 1.54) is 0 Å². The van der Waals surface area contributed by atoms with Gasteiger partial charge in [-0.25, -0.2) is 4.98 Å². The average molecular weight is 374 g/mol. The summed E-state index contributed by atoms with van der Waals surface area (Å²) in [5.41, 5.74) is 6.23. The zero-order chi connectivity index (χ0) is 17.6. The van der Waals surface area contributed by atoms with Crippen molar-refractivity contribution in [3.63, 3.8) is 0 Å². The molecule has 3 aromatic rings. The molecule has 1 aromatic heterocycles. The third-order valence-corrected chi connectivity index (χ3v) is 4.90. The zero-order valence-corrected chi connectivity index (χ0v) is 14.9. The van der Waals surface area contributed by atoms with Gasteiger partial charge in [0.05, 0.1) is 15.2 Å². The van der Waals surface area contributed by atoms with Gasteiger partial charge in [0.15, 0.2) is 0 Å². The van der Waals surface area contributed by atoms with Crippen LogP contribution in [0.25, 0.3) is 10.2 Å². The van der Waals surface area contributed by atoms with Gasteiger partial charge in [-0.05, 0) is 49.2 Å². The smallest absolute Gasteiger partial charge is 0.269 e. The number of halogens is 1. The molecule has 0 aliphatic rings. The first-order valence-electron chi connectivity index (χ1n) is 7.81. The van der Waals surface area contributed by atoms with Crippen molar-refractivity contribution in [1.29, 1.82) is 0 Å². The van der Waals surface area contributed by atoms with Gasteiger partial charge >= 0.3 is 0 Å². The number of benzene rings is 2. The van der Waals surface area contributed by atoms with Crippen LogP contribution in [-0.2, 0) is 11.2 Å². The number of thiazole rings is 1. The SMILES string of the molecule is O=C(CCCc1nc2ccccc2s1)NNC(=O)c1ccc(Cl)cc1. The minimum Gasteiger partial charge on any atom is -0.273 e. The molecular weight excluding hydrogens is 358 g/mol. The van der Waals surface area contributed by atoms with Gasteiger partial charge in [0.25, 0.3) is 5.91 Å². The van der Waals surface area contributed by atoms with Crippen LogP contribution in [0.5, 0.6) is 0 Å². The van der Waals surface area contributed by atoms with E-state index in [1.807, 2.05) is 24.3 Å². The number of carbonyl (C=O) groups is 2. The number of aromatic nitrogens is 1. The van der Waals surface area contributed by atoms with E-state index in [0.717, 1.165) is 21.6 Å². The van der Waals surface area contributed by atoms with Crippen molar-refractivity contribution in [1.82, 2.24) is 15.8 Å². The molecule has 0 aliphatic carbocycles. The average Bonchev–Trinajstić information content (AvgIpc) is 3.03. The minimum atomic E-state index is -0.379. The van der Waals surface area contributed by atoms with E-state index in [0.29, 0.717) is 23.4 Å². The van der Waals surface area contributed by atoms with Gasteiger partial charge in [-0.1, -0.05) is 23.7 Å². The van der Waals surface area contributed by atoms with Gasteiger partial charge < -0.3 is 0 Å². The molecule has 2 aromatic carbocycles. The number of rotatable bonds is 5. The first kappa shape index (κ1) is 17.4. The molecule has 0 unspecified atom stereocenters.